The number of carboxylic acid groups (broad SMARTS) is 1. The molecule has 110 valence electrons. The molecular formula is C14H20N2O4. The van der Waals surface area contributed by atoms with Crippen molar-refractivity contribution in [3.63, 3.8) is 0 Å². The van der Waals surface area contributed by atoms with Crippen molar-refractivity contribution in [2.75, 3.05) is 6.54 Å². The van der Waals surface area contributed by atoms with E-state index in [-0.39, 0.29) is 12.6 Å². The Morgan fingerprint density at radius 3 is 2.55 bits per heavy atom. The van der Waals surface area contributed by atoms with Crippen LogP contribution < -0.4 is 10.6 Å². The van der Waals surface area contributed by atoms with Crippen LogP contribution in [0.2, 0.25) is 0 Å². The quantitative estimate of drug-likeness (QED) is 0.769. The molecule has 6 heteroatoms. The third-order valence-electron chi connectivity index (χ3n) is 3.82. The van der Waals surface area contributed by atoms with Crippen molar-refractivity contribution >= 4 is 12.0 Å². The molecule has 2 amide bonds. The number of rotatable bonds is 5. The molecule has 1 aromatic rings. The van der Waals surface area contributed by atoms with Gasteiger partial charge in [0, 0.05) is 6.54 Å². The third-order valence-corrected chi connectivity index (χ3v) is 3.82. The highest BCUT2D eigenvalue weighted by Gasteiger charge is 2.41. The second-order valence-corrected chi connectivity index (χ2v) is 5.34. The fourth-order valence-corrected chi connectivity index (χ4v) is 2.58. The van der Waals surface area contributed by atoms with Gasteiger partial charge in [0.2, 0.25) is 0 Å². The van der Waals surface area contributed by atoms with Crippen LogP contribution in [0.25, 0.3) is 0 Å². The SMILES string of the molecule is Cc1ccc(CNC(=O)NCC2(C(=O)O)CCCC2)o1. The van der Waals surface area contributed by atoms with Gasteiger partial charge in [-0.25, -0.2) is 4.79 Å². The minimum absolute atomic E-state index is 0.172. The van der Waals surface area contributed by atoms with Crippen LogP contribution in [0.3, 0.4) is 0 Å². The van der Waals surface area contributed by atoms with Crippen molar-refractivity contribution in [2.24, 2.45) is 5.41 Å². The van der Waals surface area contributed by atoms with Crippen LogP contribution in [0.4, 0.5) is 4.79 Å². The molecule has 6 nitrogen and oxygen atoms in total. The van der Waals surface area contributed by atoms with Gasteiger partial charge in [0.25, 0.3) is 0 Å². The highest BCUT2D eigenvalue weighted by Crippen LogP contribution is 2.37. The first-order valence-electron chi connectivity index (χ1n) is 6.82. The molecule has 1 aromatic heterocycles. The summed E-state index contributed by atoms with van der Waals surface area (Å²) in [5.74, 6) is 0.640. The molecule has 0 bridgehead atoms. The maximum absolute atomic E-state index is 11.7. The van der Waals surface area contributed by atoms with Crippen LogP contribution in [0, 0.1) is 12.3 Å². The topological polar surface area (TPSA) is 91.6 Å². The number of amides is 2. The van der Waals surface area contributed by atoms with E-state index in [2.05, 4.69) is 10.6 Å². The summed E-state index contributed by atoms with van der Waals surface area (Å²) in [5, 5.41) is 14.6. The molecule has 0 atom stereocenters. The highest BCUT2D eigenvalue weighted by atomic mass is 16.4. The zero-order chi connectivity index (χ0) is 14.6. The number of aliphatic carboxylic acids is 1. The van der Waals surface area contributed by atoms with Crippen LogP contribution in [-0.4, -0.2) is 23.7 Å². The fourth-order valence-electron chi connectivity index (χ4n) is 2.58. The predicted octanol–water partition coefficient (Wildman–Crippen LogP) is 2.03. The molecule has 1 aliphatic rings. The maximum Gasteiger partial charge on any atom is 0.315 e. The van der Waals surface area contributed by atoms with Gasteiger partial charge < -0.3 is 20.2 Å². The second kappa shape index (κ2) is 5.98. The van der Waals surface area contributed by atoms with E-state index in [1.165, 1.54) is 0 Å². The Kier molecular flexibility index (Phi) is 4.32. The molecule has 2 rings (SSSR count). The standard InChI is InChI=1S/C14H20N2O4/c1-10-4-5-11(20-10)8-15-13(19)16-9-14(12(17)18)6-2-3-7-14/h4-5H,2-3,6-9H2,1H3,(H,17,18)(H2,15,16,19). The molecule has 1 fully saturated rings. The first-order valence-corrected chi connectivity index (χ1v) is 6.82. The number of hydrogen-bond acceptors (Lipinski definition) is 3. The van der Waals surface area contributed by atoms with E-state index in [1.807, 2.05) is 13.0 Å². The summed E-state index contributed by atoms with van der Waals surface area (Å²) < 4.78 is 5.33. The van der Waals surface area contributed by atoms with Crippen molar-refractivity contribution in [1.82, 2.24) is 10.6 Å². The number of furan rings is 1. The van der Waals surface area contributed by atoms with Crippen molar-refractivity contribution in [3.8, 4) is 0 Å². The third kappa shape index (κ3) is 3.31. The Morgan fingerprint density at radius 2 is 2.00 bits per heavy atom. The molecule has 0 radical (unpaired) electrons. The van der Waals surface area contributed by atoms with Crippen LogP contribution in [-0.2, 0) is 11.3 Å². The van der Waals surface area contributed by atoms with Crippen LogP contribution in [0.5, 0.6) is 0 Å². The van der Waals surface area contributed by atoms with Crippen molar-refractivity contribution in [2.45, 2.75) is 39.2 Å². The van der Waals surface area contributed by atoms with E-state index in [0.717, 1.165) is 18.6 Å². The minimum Gasteiger partial charge on any atom is -0.481 e. The number of nitrogens with one attached hydrogen (secondary N) is 2. The molecule has 3 N–H and O–H groups in total. The normalized spacial score (nSPS) is 16.9. The minimum atomic E-state index is -0.822. The smallest absolute Gasteiger partial charge is 0.315 e. The highest BCUT2D eigenvalue weighted by molar-refractivity contribution is 5.78. The molecular weight excluding hydrogens is 260 g/mol. The van der Waals surface area contributed by atoms with Crippen LogP contribution in [0.1, 0.15) is 37.2 Å². The summed E-state index contributed by atoms with van der Waals surface area (Å²) in [6.07, 6.45) is 3.06. The average Bonchev–Trinajstić information content (AvgIpc) is 3.03. The lowest BCUT2D eigenvalue weighted by Gasteiger charge is -2.23. The average molecular weight is 280 g/mol. The lowest BCUT2D eigenvalue weighted by atomic mass is 9.86. The molecule has 1 aliphatic carbocycles. The molecule has 0 aliphatic heterocycles. The van der Waals surface area contributed by atoms with Gasteiger partial charge in [-0.05, 0) is 31.9 Å². The number of hydrogen-bond donors (Lipinski definition) is 3. The van der Waals surface area contributed by atoms with Crippen molar-refractivity contribution in [1.29, 1.82) is 0 Å². The van der Waals surface area contributed by atoms with Gasteiger partial charge in [-0.3, -0.25) is 4.79 Å². The van der Waals surface area contributed by atoms with Crippen molar-refractivity contribution < 1.29 is 19.1 Å². The van der Waals surface area contributed by atoms with E-state index in [1.54, 1.807) is 6.07 Å². The van der Waals surface area contributed by atoms with Gasteiger partial charge in [-0.2, -0.15) is 0 Å². The number of urea groups is 1. The summed E-state index contributed by atoms with van der Waals surface area (Å²) in [5.41, 5.74) is -0.793. The molecule has 0 spiro atoms. The number of aryl methyl sites for hydroxylation is 1. The molecule has 1 heterocycles. The number of carboxylic acids is 1. The van der Waals surface area contributed by atoms with Gasteiger partial charge >= 0.3 is 12.0 Å². The van der Waals surface area contributed by atoms with Gasteiger partial charge in [0.15, 0.2) is 0 Å². The predicted molar refractivity (Wildman–Crippen MR) is 72.2 cm³/mol. The Hall–Kier alpha value is -1.98. The van der Waals surface area contributed by atoms with E-state index in [0.29, 0.717) is 25.1 Å². The zero-order valence-electron chi connectivity index (χ0n) is 11.6. The second-order valence-electron chi connectivity index (χ2n) is 5.34. The monoisotopic (exact) mass is 280 g/mol. The molecule has 20 heavy (non-hydrogen) atoms. The molecule has 0 unspecified atom stereocenters. The van der Waals surface area contributed by atoms with Gasteiger partial charge in [-0.15, -0.1) is 0 Å². The fraction of sp³-hybridized carbons (Fsp3) is 0.571. The Bertz CT molecular complexity index is 489. The Morgan fingerprint density at radius 1 is 1.30 bits per heavy atom. The lowest BCUT2D eigenvalue weighted by molar-refractivity contribution is -0.148. The van der Waals surface area contributed by atoms with E-state index < -0.39 is 11.4 Å². The Balaban J connectivity index is 1.78. The summed E-state index contributed by atoms with van der Waals surface area (Å²) in [4.78, 5) is 23.0. The first kappa shape index (κ1) is 14.4. The summed E-state index contributed by atoms with van der Waals surface area (Å²) in [6, 6.07) is 3.25. The van der Waals surface area contributed by atoms with Crippen LogP contribution in [0.15, 0.2) is 16.5 Å². The van der Waals surface area contributed by atoms with E-state index in [9.17, 15) is 14.7 Å². The van der Waals surface area contributed by atoms with Gasteiger partial charge in [-0.1, -0.05) is 12.8 Å². The molecule has 0 aromatic carbocycles. The van der Waals surface area contributed by atoms with Gasteiger partial charge in [0.05, 0.1) is 12.0 Å². The van der Waals surface area contributed by atoms with Crippen molar-refractivity contribution in [3.05, 3.63) is 23.7 Å². The van der Waals surface area contributed by atoms with Gasteiger partial charge in [0.1, 0.15) is 11.5 Å². The summed E-state index contributed by atoms with van der Waals surface area (Å²) in [7, 11) is 0. The van der Waals surface area contributed by atoms with E-state index >= 15 is 0 Å². The first-order chi connectivity index (χ1) is 9.52. The number of carbonyl (C=O) groups is 2. The molecule has 1 saturated carbocycles. The lowest BCUT2D eigenvalue weighted by Crippen LogP contribution is -2.44. The molecule has 0 saturated heterocycles. The summed E-state index contributed by atoms with van der Waals surface area (Å²) in [6.45, 7) is 2.30. The summed E-state index contributed by atoms with van der Waals surface area (Å²) >= 11 is 0. The number of carbonyl (C=O) groups excluding carboxylic acids is 1. The maximum atomic E-state index is 11.7. The largest absolute Gasteiger partial charge is 0.481 e. The van der Waals surface area contributed by atoms with E-state index in [4.69, 9.17) is 4.42 Å². The van der Waals surface area contributed by atoms with Crippen LogP contribution >= 0.6 is 0 Å². The Labute approximate surface area is 117 Å². The zero-order valence-corrected chi connectivity index (χ0v) is 11.6.